The van der Waals surface area contributed by atoms with Gasteiger partial charge in [-0.25, -0.2) is 4.79 Å². The first kappa shape index (κ1) is 16.1. The number of pyridine rings is 1. The SMILES string of the molecule is Cn1c(=O)ccn(CC(=O)NCC(=O)Nc2cccnc2)c1=O. The molecule has 0 bridgehead atoms. The maximum Gasteiger partial charge on any atom is 0.331 e. The molecule has 0 aliphatic carbocycles. The van der Waals surface area contributed by atoms with Gasteiger partial charge in [0.15, 0.2) is 0 Å². The monoisotopic (exact) mass is 317 g/mol. The predicted octanol–water partition coefficient (Wildman–Crippen LogP) is -1.30. The summed E-state index contributed by atoms with van der Waals surface area (Å²) < 4.78 is 1.97. The van der Waals surface area contributed by atoms with Gasteiger partial charge in [-0.05, 0) is 12.1 Å². The smallest absolute Gasteiger partial charge is 0.331 e. The third kappa shape index (κ3) is 4.37. The largest absolute Gasteiger partial charge is 0.345 e. The van der Waals surface area contributed by atoms with Crippen LogP contribution in [-0.2, 0) is 23.2 Å². The van der Waals surface area contributed by atoms with Gasteiger partial charge in [0.2, 0.25) is 11.8 Å². The molecular formula is C14H15N5O4. The molecule has 2 aromatic heterocycles. The van der Waals surface area contributed by atoms with Crippen molar-refractivity contribution < 1.29 is 9.59 Å². The van der Waals surface area contributed by atoms with Crippen molar-refractivity contribution in [1.82, 2.24) is 19.4 Å². The van der Waals surface area contributed by atoms with E-state index in [9.17, 15) is 19.2 Å². The van der Waals surface area contributed by atoms with Gasteiger partial charge >= 0.3 is 5.69 Å². The molecule has 9 heteroatoms. The van der Waals surface area contributed by atoms with E-state index in [1.807, 2.05) is 0 Å². The Hall–Kier alpha value is -3.23. The fraction of sp³-hybridized carbons (Fsp3) is 0.214. The highest BCUT2D eigenvalue weighted by atomic mass is 16.2. The number of nitrogens with zero attached hydrogens (tertiary/aromatic N) is 3. The Morgan fingerprint density at radius 2 is 2.00 bits per heavy atom. The normalized spacial score (nSPS) is 10.1. The Bertz CT molecular complexity index is 825. The third-order valence-corrected chi connectivity index (χ3v) is 2.97. The number of hydrogen-bond donors (Lipinski definition) is 2. The molecule has 0 saturated carbocycles. The van der Waals surface area contributed by atoms with Crippen LogP contribution >= 0.6 is 0 Å². The second-order valence-corrected chi connectivity index (χ2v) is 4.69. The van der Waals surface area contributed by atoms with Crippen LogP contribution in [0.15, 0.2) is 46.4 Å². The zero-order valence-electron chi connectivity index (χ0n) is 12.4. The van der Waals surface area contributed by atoms with Crippen molar-refractivity contribution in [3.05, 3.63) is 57.6 Å². The minimum atomic E-state index is -0.604. The molecule has 2 N–H and O–H groups in total. The summed E-state index contributed by atoms with van der Waals surface area (Å²) in [7, 11) is 1.32. The number of aromatic nitrogens is 3. The molecular weight excluding hydrogens is 302 g/mol. The molecule has 120 valence electrons. The van der Waals surface area contributed by atoms with Crippen LogP contribution in [0.25, 0.3) is 0 Å². The van der Waals surface area contributed by atoms with E-state index in [-0.39, 0.29) is 13.1 Å². The molecule has 0 aliphatic rings. The number of carbonyl (C=O) groups is 2. The number of amides is 2. The third-order valence-electron chi connectivity index (χ3n) is 2.97. The fourth-order valence-electron chi connectivity index (χ4n) is 1.77. The van der Waals surface area contributed by atoms with E-state index in [2.05, 4.69) is 15.6 Å². The molecule has 23 heavy (non-hydrogen) atoms. The molecule has 2 rings (SSSR count). The van der Waals surface area contributed by atoms with Gasteiger partial charge in [-0.15, -0.1) is 0 Å². The number of anilines is 1. The molecule has 2 amide bonds. The quantitative estimate of drug-likeness (QED) is 0.711. The van der Waals surface area contributed by atoms with Crippen LogP contribution in [0.2, 0.25) is 0 Å². The second-order valence-electron chi connectivity index (χ2n) is 4.69. The Kier molecular flexibility index (Phi) is 5.03. The maximum absolute atomic E-state index is 11.8. The van der Waals surface area contributed by atoms with Gasteiger partial charge in [-0.3, -0.25) is 28.5 Å². The molecule has 9 nitrogen and oxygen atoms in total. The van der Waals surface area contributed by atoms with Crippen LogP contribution in [0, 0.1) is 0 Å². The minimum Gasteiger partial charge on any atom is -0.345 e. The average molecular weight is 317 g/mol. The zero-order chi connectivity index (χ0) is 16.8. The van der Waals surface area contributed by atoms with Gasteiger partial charge < -0.3 is 10.6 Å². The summed E-state index contributed by atoms with van der Waals surface area (Å²) in [6, 6.07) is 4.51. The molecule has 0 unspecified atom stereocenters. The van der Waals surface area contributed by atoms with E-state index in [0.29, 0.717) is 5.69 Å². The first-order chi connectivity index (χ1) is 11.0. The topological polar surface area (TPSA) is 115 Å². The minimum absolute atomic E-state index is 0.242. The highest BCUT2D eigenvalue weighted by Crippen LogP contribution is 2.01. The van der Waals surface area contributed by atoms with Gasteiger partial charge in [0.25, 0.3) is 5.56 Å². The lowest BCUT2D eigenvalue weighted by Crippen LogP contribution is -2.41. The second kappa shape index (κ2) is 7.16. The lowest BCUT2D eigenvalue weighted by Gasteiger charge is -2.08. The van der Waals surface area contributed by atoms with E-state index >= 15 is 0 Å². The number of carbonyl (C=O) groups excluding carboxylic acids is 2. The first-order valence-corrected chi connectivity index (χ1v) is 6.70. The molecule has 2 heterocycles. The van der Waals surface area contributed by atoms with Crippen LogP contribution in [0.5, 0.6) is 0 Å². The van der Waals surface area contributed by atoms with E-state index in [1.165, 1.54) is 25.5 Å². The Morgan fingerprint density at radius 3 is 2.70 bits per heavy atom. The summed E-state index contributed by atoms with van der Waals surface area (Å²) in [6.07, 6.45) is 4.28. The van der Waals surface area contributed by atoms with Gasteiger partial charge in [0, 0.05) is 25.5 Å². The summed E-state index contributed by atoms with van der Waals surface area (Å²) in [5, 5.41) is 4.95. The molecule has 0 aromatic carbocycles. The Balaban J connectivity index is 1.88. The van der Waals surface area contributed by atoms with Crippen molar-refractivity contribution in [3.8, 4) is 0 Å². The van der Waals surface area contributed by atoms with Crippen LogP contribution in [-0.4, -0.2) is 32.5 Å². The lowest BCUT2D eigenvalue weighted by molar-refractivity contribution is -0.124. The van der Waals surface area contributed by atoms with Gasteiger partial charge in [-0.1, -0.05) is 0 Å². The van der Waals surface area contributed by atoms with Gasteiger partial charge in [-0.2, -0.15) is 0 Å². The predicted molar refractivity (Wildman–Crippen MR) is 81.8 cm³/mol. The van der Waals surface area contributed by atoms with Crippen LogP contribution < -0.4 is 21.9 Å². The molecule has 0 saturated heterocycles. The van der Waals surface area contributed by atoms with Crippen LogP contribution in [0.3, 0.4) is 0 Å². The molecule has 0 fully saturated rings. The molecule has 0 spiro atoms. The molecule has 0 radical (unpaired) electrons. The summed E-state index contributed by atoms with van der Waals surface area (Å²) in [4.78, 5) is 50.3. The Labute approximate surface area is 130 Å². The highest BCUT2D eigenvalue weighted by Gasteiger charge is 2.09. The van der Waals surface area contributed by atoms with Crippen LogP contribution in [0.4, 0.5) is 5.69 Å². The van der Waals surface area contributed by atoms with Crippen molar-refractivity contribution in [1.29, 1.82) is 0 Å². The van der Waals surface area contributed by atoms with E-state index in [1.54, 1.807) is 18.3 Å². The molecule has 2 aromatic rings. The summed E-state index contributed by atoms with van der Waals surface area (Å²) in [5.41, 5.74) is -0.545. The summed E-state index contributed by atoms with van der Waals surface area (Å²) in [5.74, 6) is -0.939. The number of nitrogens with one attached hydrogen (secondary N) is 2. The van der Waals surface area contributed by atoms with Gasteiger partial charge in [0.1, 0.15) is 6.54 Å². The lowest BCUT2D eigenvalue weighted by atomic mass is 10.4. The van der Waals surface area contributed by atoms with E-state index in [4.69, 9.17) is 0 Å². The van der Waals surface area contributed by atoms with E-state index in [0.717, 1.165) is 9.13 Å². The fourth-order valence-corrected chi connectivity index (χ4v) is 1.77. The highest BCUT2D eigenvalue weighted by molar-refractivity contribution is 5.94. The summed E-state index contributed by atoms with van der Waals surface area (Å²) >= 11 is 0. The van der Waals surface area contributed by atoms with Crippen molar-refractivity contribution in [3.63, 3.8) is 0 Å². The van der Waals surface area contributed by atoms with Gasteiger partial charge in [0.05, 0.1) is 18.4 Å². The molecule has 0 aliphatic heterocycles. The number of hydrogen-bond acceptors (Lipinski definition) is 5. The zero-order valence-corrected chi connectivity index (χ0v) is 12.4. The molecule has 0 atom stereocenters. The average Bonchev–Trinajstić information content (AvgIpc) is 2.54. The van der Waals surface area contributed by atoms with Crippen molar-refractivity contribution in [2.24, 2.45) is 7.05 Å². The van der Waals surface area contributed by atoms with E-state index < -0.39 is 23.1 Å². The summed E-state index contributed by atoms with van der Waals surface area (Å²) in [6.45, 7) is -0.526. The van der Waals surface area contributed by atoms with Crippen molar-refractivity contribution in [2.75, 3.05) is 11.9 Å². The van der Waals surface area contributed by atoms with Crippen molar-refractivity contribution in [2.45, 2.75) is 6.54 Å². The standard InChI is InChI=1S/C14H15N5O4/c1-18-13(22)4-6-19(14(18)23)9-12(21)16-8-11(20)17-10-3-2-5-15-7-10/h2-7H,8-9H2,1H3,(H,16,21)(H,17,20). The number of rotatable bonds is 5. The maximum atomic E-state index is 11.8. The van der Waals surface area contributed by atoms with Crippen LogP contribution in [0.1, 0.15) is 0 Å². The Morgan fingerprint density at radius 1 is 1.22 bits per heavy atom. The first-order valence-electron chi connectivity index (χ1n) is 6.70. The van der Waals surface area contributed by atoms with Crippen molar-refractivity contribution >= 4 is 17.5 Å².